The maximum absolute atomic E-state index is 12.0. The third kappa shape index (κ3) is 3.05. The molecule has 1 aliphatic carbocycles. The number of hydrogen-bond acceptors (Lipinski definition) is 5. The summed E-state index contributed by atoms with van der Waals surface area (Å²) in [4.78, 5) is 12.0. The Balaban J connectivity index is 1.79. The van der Waals surface area contributed by atoms with E-state index in [1.165, 1.54) is 0 Å². The maximum Gasteiger partial charge on any atom is 0.307 e. The first kappa shape index (κ1) is 17.5. The molecule has 2 aliphatic rings. The van der Waals surface area contributed by atoms with Gasteiger partial charge in [-0.25, -0.2) is 0 Å². The lowest BCUT2D eigenvalue weighted by Crippen LogP contribution is -2.20. The van der Waals surface area contributed by atoms with Gasteiger partial charge in [0.2, 0.25) is 6.79 Å². The molecule has 1 N–H and O–H groups in total. The Labute approximate surface area is 157 Å². The quantitative estimate of drug-likeness (QED) is 0.837. The zero-order chi connectivity index (χ0) is 19.0. The smallest absolute Gasteiger partial charge is 0.307 e. The fraction of sp³-hybridized carbons (Fsp3) is 0.381. The number of hydrogen-bond donors (Lipinski definition) is 1. The molecule has 1 heterocycles. The van der Waals surface area contributed by atoms with Crippen LogP contribution < -0.4 is 18.9 Å². The largest absolute Gasteiger partial charge is 0.496 e. The molecule has 0 spiro atoms. The molecule has 0 saturated heterocycles. The van der Waals surface area contributed by atoms with Crippen molar-refractivity contribution in [3.63, 3.8) is 0 Å². The van der Waals surface area contributed by atoms with Crippen molar-refractivity contribution in [3.05, 3.63) is 47.0 Å². The van der Waals surface area contributed by atoms with Crippen LogP contribution in [0.4, 0.5) is 0 Å². The van der Waals surface area contributed by atoms with Gasteiger partial charge >= 0.3 is 5.97 Å². The molecule has 1 aliphatic heterocycles. The molecular weight excluding hydrogens is 348 g/mol. The molecule has 2 aromatic carbocycles. The van der Waals surface area contributed by atoms with Gasteiger partial charge in [-0.05, 0) is 42.2 Å². The van der Waals surface area contributed by atoms with Crippen LogP contribution in [0.3, 0.4) is 0 Å². The van der Waals surface area contributed by atoms with Crippen molar-refractivity contribution in [3.8, 4) is 23.0 Å². The van der Waals surface area contributed by atoms with E-state index in [9.17, 15) is 9.90 Å². The van der Waals surface area contributed by atoms with Crippen LogP contribution in [0, 0.1) is 5.92 Å². The normalized spacial score (nSPS) is 19.6. The Morgan fingerprint density at radius 2 is 1.96 bits per heavy atom. The van der Waals surface area contributed by atoms with Crippen LogP contribution in [0.25, 0.3) is 0 Å². The van der Waals surface area contributed by atoms with E-state index in [2.05, 4.69) is 6.92 Å². The minimum absolute atomic E-state index is 0.156. The van der Waals surface area contributed by atoms with Gasteiger partial charge < -0.3 is 24.1 Å². The van der Waals surface area contributed by atoms with Crippen LogP contribution in [0.5, 0.6) is 23.0 Å². The highest BCUT2D eigenvalue weighted by molar-refractivity contribution is 5.76. The number of carbonyl (C=O) groups is 1. The van der Waals surface area contributed by atoms with Gasteiger partial charge in [0.05, 0.1) is 19.6 Å². The SMILES string of the molecule is CCCOc1ccc2c(c1)CC(C(=O)O)C2c1cc2c(cc1OC)OCO2. The van der Waals surface area contributed by atoms with Crippen molar-refractivity contribution in [1.29, 1.82) is 0 Å². The molecule has 142 valence electrons. The second-order valence-corrected chi connectivity index (χ2v) is 6.78. The lowest BCUT2D eigenvalue weighted by Gasteiger charge is -2.21. The number of rotatable bonds is 6. The molecule has 2 unspecified atom stereocenters. The molecule has 0 aromatic heterocycles. The van der Waals surface area contributed by atoms with Crippen LogP contribution in [0.2, 0.25) is 0 Å². The van der Waals surface area contributed by atoms with Crippen molar-refractivity contribution < 1.29 is 28.8 Å². The minimum atomic E-state index is -0.827. The van der Waals surface area contributed by atoms with Crippen LogP contribution in [-0.2, 0) is 11.2 Å². The average molecular weight is 370 g/mol. The molecule has 27 heavy (non-hydrogen) atoms. The van der Waals surface area contributed by atoms with E-state index in [1.807, 2.05) is 24.3 Å². The standard InChI is InChI=1S/C21H22O6/c1-3-6-25-13-4-5-14-12(7-13)8-16(21(22)23)20(14)15-9-18-19(27-11-26-18)10-17(15)24-2/h4-5,7,9-10,16,20H,3,6,8,11H2,1-2H3,(H,22,23). The predicted octanol–water partition coefficient (Wildman–Crippen LogP) is 3.60. The maximum atomic E-state index is 12.0. The third-order valence-corrected chi connectivity index (χ3v) is 5.14. The monoisotopic (exact) mass is 370 g/mol. The Bertz CT molecular complexity index is 875. The zero-order valence-electron chi connectivity index (χ0n) is 15.4. The van der Waals surface area contributed by atoms with Gasteiger partial charge in [-0.2, -0.15) is 0 Å². The van der Waals surface area contributed by atoms with E-state index in [1.54, 1.807) is 13.2 Å². The molecule has 0 saturated carbocycles. The first-order valence-corrected chi connectivity index (χ1v) is 9.08. The van der Waals surface area contributed by atoms with E-state index in [4.69, 9.17) is 18.9 Å². The third-order valence-electron chi connectivity index (χ3n) is 5.14. The summed E-state index contributed by atoms with van der Waals surface area (Å²) in [5.41, 5.74) is 2.79. The fourth-order valence-corrected chi connectivity index (χ4v) is 3.92. The van der Waals surface area contributed by atoms with Gasteiger partial charge in [-0.1, -0.05) is 13.0 Å². The summed E-state index contributed by atoms with van der Waals surface area (Å²) in [5, 5.41) is 9.86. The molecule has 6 nitrogen and oxygen atoms in total. The van der Waals surface area contributed by atoms with Crippen molar-refractivity contribution in [1.82, 2.24) is 0 Å². The summed E-state index contributed by atoms with van der Waals surface area (Å²) in [6, 6.07) is 9.45. The molecular formula is C21H22O6. The van der Waals surface area contributed by atoms with Crippen molar-refractivity contribution in [2.24, 2.45) is 5.92 Å². The van der Waals surface area contributed by atoms with Crippen molar-refractivity contribution in [2.45, 2.75) is 25.7 Å². The molecule has 0 fully saturated rings. The van der Waals surface area contributed by atoms with Gasteiger partial charge in [0.1, 0.15) is 11.5 Å². The Kier molecular flexibility index (Phi) is 4.56. The van der Waals surface area contributed by atoms with E-state index < -0.39 is 11.9 Å². The fourth-order valence-electron chi connectivity index (χ4n) is 3.92. The number of benzene rings is 2. The van der Waals surface area contributed by atoms with Crippen LogP contribution in [-0.4, -0.2) is 31.6 Å². The molecule has 0 bridgehead atoms. The summed E-state index contributed by atoms with van der Waals surface area (Å²) in [6.45, 7) is 2.85. The number of carboxylic acids is 1. The van der Waals surface area contributed by atoms with Gasteiger partial charge in [0.15, 0.2) is 11.5 Å². The highest BCUT2D eigenvalue weighted by atomic mass is 16.7. The van der Waals surface area contributed by atoms with Crippen LogP contribution in [0.1, 0.15) is 36.0 Å². The Morgan fingerprint density at radius 1 is 1.19 bits per heavy atom. The summed E-state index contributed by atoms with van der Waals surface area (Å²) < 4.78 is 22.2. The Morgan fingerprint density at radius 3 is 2.67 bits per heavy atom. The van der Waals surface area contributed by atoms with Crippen LogP contribution >= 0.6 is 0 Å². The predicted molar refractivity (Wildman–Crippen MR) is 98.0 cm³/mol. The summed E-state index contributed by atoms with van der Waals surface area (Å²) >= 11 is 0. The van der Waals surface area contributed by atoms with E-state index in [0.29, 0.717) is 30.3 Å². The highest BCUT2D eigenvalue weighted by Crippen LogP contribution is 2.49. The summed E-state index contributed by atoms with van der Waals surface area (Å²) in [7, 11) is 1.58. The number of aliphatic carboxylic acids is 1. The van der Waals surface area contributed by atoms with Gasteiger partial charge in [-0.3, -0.25) is 4.79 Å². The van der Waals surface area contributed by atoms with E-state index in [0.717, 1.165) is 28.9 Å². The molecule has 2 aromatic rings. The van der Waals surface area contributed by atoms with Gasteiger partial charge in [0, 0.05) is 17.5 Å². The molecule has 2 atom stereocenters. The van der Waals surface area contributed by atoms with Crippen LogP contribution in [0.15, 0.2) is 30.3 Å². The molecule has 6 heteroatoms. The van der Waals surface area contributed by atoms with Crippen molar-refractivity contribution in [2.75, 3.05) is 20.5 Å². The first-order valence-electron chi connectivity index (χ1n) is 9.08. The number of ether oxygens (including phenoxy) is 4. The molecule has 0 radical (unpaired) electrons. The molecule has 0 amide bonds. The van der Waals surface area contributed by atoms with Crippen molar-refractivity contribution >= 4 is 5.97 Å². The van der Waals surface area contributed by atoms with Gasteiger partial charge in [0.25, 0.3) is 0 Å². The van der Waals surface area contributed by atoms with E-state index in [-0.39, 0.29) is 12.7 Å². The second-order valence-electron chi connectivity index (χ2n) is 6.78. The number of carboxylic acid groups (broad SMARTS) is 1. The topological polar surface area (TPSA) is 74.2 Å². The lowest BCUT2D eigenvalue weighted by molar-refractivity contribution is -0.141. The first-order chi connectivity index (χ1) is 13.1. The van der Waals surface area contributed by atoms with E-state index >= 15 is 0 Å². The minimum Gasteiger partial charge on any atom is -0.496 e. The molecule has 4 rings (SSSR count). The van der Waals surface area contributed by atoms with Gasteiger partial charge in [-0.15, -0.1) is 0 Å². The Hall–Kier alpha value is -2.89. The zero-order valence-corrected chi connectivity index (χ0v) is 15.4. The highest BCUT2D eigenvalue weighted by Gasteiger charge is 2.40. The number of fused-ring (bicyclic) bond motifs is 2. The number of methoxy groups -OCH3 is 1. The second kappa shape index (κ2) is 7.02. The summed E-state index contributed by atoms with van der Waals surface area (Å²) in [6.07, 6.45) is 1.38. The average Bonchev–Trinajstić information content (AvgIpc) is 3.28. The summed E-state index contributed by atoms with van der Waals surface area (Å²) in [5.74, 6) is 0.896. The lowest BCUT2D eigenvalue weighted by atomic mass is 9.85.